The lowest BCUT2D eigenvalue weighted by molar-refractivity contribution is -0.0383. The minimum Gasteiger partial charge on any atom is -0.497 e. The summed E-state index contributed by atoms with van der Waals surface area (Å²) in [5.41, 5.74) is 1.15. The number of rotatable bonds is 13. The zero-order valence-electron chi connectivity index (χ0n) is 16.7. The van der Waals surface area contributed by atoms with Gasteiger partial charge in [0.1, 0.15) is 5.75 Å². The second-order valence-electron chi connectivity index (χ2n) is 6.53. The highest BCUT2D eigenvalue weighted by atomic mass is 28.4. The molecule has 2 atom stereocenters. The maximum atomic E-state index is 6.72. The van der Waals surface area contributed by atoms with E-state index in [2.05, 4.69) is 46.4 Å². The first kappa shape index (κ1) is 21.9. The Kier molecular flexibility index (Phi) is 10.1. The Bertz CT molecular complexity index is 474. The van der Waals surface area contributed by atoms with E-state index in [9.17, 15) is 0 Å². The first-order chi connectivity index (χ1) is 12.1. The molecule has 0 bridgehead atoms. The summed E-state index contributed by atoms with van der Waals surface area (Å²) in [5, 5.41) is 0. The Hall–Kier alpha value is -1.10. The molecule has 1 aromatic rings. The maximum absolute atomic E-state index is 6.72. The van der Waals surface area contributed by atoms with E-state index in [1.165, 1.54) is 0 Å². The van der Waals surface area contributed by atoms with Crippen LogP contribution in [0.15, 0.2) is 36.9 Å². The largest absolute Gasteiger partial charge is 0.497 e. The van der Waals surface area contributed by atoms with Gasteiger partial charge in [0.05, 0.1) is 25.9 Å². The van der Waals surface area contributed by atoms with Crippen molar-refractivity contribution in [3.05, 3.63) is 42.5 Å². The van der Waals surface area contributed by atoms with Gasteiger partial charge in [-0.25, -0.2) is 0 Å². The van der Waals surface area contributed by atoms with Crippen LogP contribution in [0, 0.1) is 0 Å². The van der Waals surface area contributed by atoms with E-state index >= 15 is 0 Å². The summed E-state index contributed by atoms with van der Waals surface area (Å²) in [7, 11) is 0.0359. The highest BCUT2D eigenvalue weighted by Crippen LogP contribution is 2.27. The van der Waals surface area contributed by atoms with Gasteiger partial charge in [-0.15, -0.1) is 6.58 Å². The fourth-order valence-electron chi connectivity index (χ4n) is 3.16. The summed E-state index contributed by atoms with van der Waals surface area (Å²) < 4.78 is 18.2. The molecule has 3 nitrogen and oxygen atoms in total. The van der Waals surface area contributed by atoms with Gasteiger partial charge in [0.2, 0.25) is 0 Å². The molecule has 0 unspecified atom stereocenters. The standard InChI is InChI=1S/C21H36O3Si/c1-7-12-21(20(8-2)24-25(9-3,10-4)11-5)23-17-18-13-15-19(22-6)16-14-18/h7,13-16,20-21H,1,8-12,17H2,2-6H3/t20-,21+/m1/s1. The van der Waals surface area contributed by atoms with E-state index in [4.69, 9.17) is 13.9 Å². The molecule has 0 fully saturated rings. The predicted molar refractivity (Wildman–Crippen MR) is 109 cm³/mol. The zero-order chi connectivity index (χ0) is 18.7. The smallest absolute Gasteiger partial charge is 0.192 e. The van der Waals surface area contributed by atoms with Crippen molar-refractivity contribution in [2.75, 3.05) is 7.11 Å². The molecule has 0 saturated carbocycles. The Balaban J connectivity index is 2.78. The van der Waals surface area contributed by atoms with Gasteiger partial charge in [0.25, 0.3) is 0 Å². The van der Waals surface area contributed by atoms with Crippen LogP contribution >= 0.6 is 0 Å². The second-order valence-corrected chi connectivity index (χ2v) is 11.3. The van der Waals surface area contributed by atoms with E-state index < -0.39 is 8.32 Å². The lowest BCUT2D eigenvalue weighted by Crippen LogP contribution is -2.44. The van der Waals surface area contributed by atoms with Crippen molar-refractivity contribution in [1.82, 2.24) is 0 Å². The quantitative estimate of drug-likeness (QED) is 0.319. The van der Waals surface area contributed by atoms with E-state index in [0.29, 0.717) is 6.61 Å². The van der Waals surface area contributed by atoms with Crippen LogP contribution in [0.4, 0.5) is 0 Å². The molecular formula is C21H36O3Si. The van der Waals surface area contributed by atoms with Crippen molar-refractivity contribution in [1.29, 1.82) is 0 Å². The van der Waals surface area contributed by atoms with Crippen LogP contribution in [-0.2, 0) is 15.8 Å². The molecule has 0 aliphatic heterocycles. The highest BCUT2D eigenvalue weighted by Gasteiger charge is 2.34. The summed E-state index contributed by atoms with van der Waals surface area (Å²) in [6.07, 6.45) is 3.92. The van der Waals surface area contributed by atoms with Crippen LogP contribution in [0.25, 0.3) is 0 Å². The minimum atomic E-state index is -1.64. The molecule has 0 aromatic heterocycles. The summed E-state index contributed by atoms with van der Waals surface area (Å²) in [6.45, 7) is 13.5. The molecule has 0 radical (unpaired) electrons. The molecule has 1 aromatic carbocycles. The van der Waals surface area contributed by atoms with E-state index in [-0.39, 0.29) is 12.2 Å². The SMILES string of the molecule is C=CC[C@H](OCc1ccc(OC)cc1)[C@@H](CC)O[Si](CC)(CC)CC. The fourth-order valence-corrected chi connectivity index (χ4v) is 6.12. The van der Waals surface area contributed by atoms with E-state index in [1.807, 2.05) is 18.2 Å². The van der Waals surface area contributed by atoms with Crippen molar-refractivity contribution < 1.29 is 13.9 Å². The summed E-state index contributed by atoms with van der Waals surface area (Å²) in [4.78, 5) is 0. The number of ether oxygens (including phenoxy) is 2. The maximum Gasteiger partial charge on any atom is 0.192 e. The van der Waals surface area contributed by atoms with Crippen LogP contribution in [0.3, 0.4) is 0 Å². The molecule has 4 heteroatoms. The average molecular weight is 365 g/mol. The number of hydrogen-bond acceptors (Lipinski definition) is 3. The monoisotopic (exact) mass is 364 g/mol. The van der Waals surface area contributed by atoms with Crippen LogP contribution in [0.5, 0.6) is 5.75 Å². The van der Waals surface area contributed by atoms with Crippen LogP contribution in [-0.4, -0.2) is 27.6 Å². The van der Waals surface area contributed by atoms with Crippen molar-refractivity contribution >= 4 is 8.32 Å². The Morgan fingerprint density at radius 3 is 2.04 bits per heavy atom. The highest BCUT2D eigenvalue weighted by molar-refractivity contribution is 6.73. The Morgan fingerprint density at radius 2 is 1.60 bits per heavy atom. The molecule has 142 valence electrons. The van der Waals surface area contributed by atoms with Gasteiger partial charge in [0, 0.05) is 0 Å². The molecule has 0 saturated heterocycles. The predicted octanol–water partition coefficient (Wildman–Crippen LogP) is 5.96. The minimum absolute atomic E-state index is 0.0566. The topological polar surface area (TPSA) is 27.7 Å². The van der Waals surface area contributed by atoms with Crippen LogP contribution in [0.2, 0.25) is 18.1 Å². The van der Waals surface area contributed by atoms with Crippen molar-refractivity contribution in [3.8, 4) is 5.75 Å². The molecule has 0 heterocycles. The Labute approximate surface area is 155 Å². The average Bonchev–Trinajstić information content (AvgIpc) is 2.67. The zero-order valence-corrected chi connectivity index (χ0v) is 17.7. The first-order valence-corrected chi connectivity index (χ1v) is 12.1. The van der Waals surface area contributed by atoms with E-state index in [0.717, 1.165) is 42.3 Å². The summed E-state index contributed by atoms with van der Waals surface area (Å²) in [6, 6.07) is 11.5. The third-order valence-corrected chi connectivity index (χ3v) is 9.84. The number of benzene rings is 1. The van der Waals surface area contributed by atoms with Gasteiger partial charge >= 0.3 is 0 Å². The lowest BCUT2D eigenvalue weighted by Gasteiger charge is -2.36. The van der Waals surface area contributed by atoms with E-state index in [1.54, 1.807) is 7.11 Å². The molecule has 0 aliphatic carbocycles. The normalized spacial score (nSPS) is 14.1. The third-order valence-electron chi connectivity index (χ3n) is 5.17. The van der Waals surface area contributed by atoms with Crippen LogP contribution < -0.4 is 4.74 Å². The fraction of sp³-hybridized carbons (Fsp3) is 0.619. The van der Waals surface area contributed by atoms with Crippen molar-refractivity contribution in [2.24, 2.45) is 0 Å². The van der Waals surface area contributed by atoms with Crippen molar-refractivity contribution in [3.63, 3.8) is 0 Å². The van der Waals surface area contributed by atoms with Gasteiger partial charge in [-0.1, -0.05) is 45.9 Å². The van der Waals surface area contributed by atoms with Gasteiger partial charge in [-0.3, -0.25) is 0 Å². The molecule has 0 N–H and O–H groups in total. The first-order valence-electron chi connectivity index (χ1n) is 9.61. The van der Waals surface area contributed by atoms with Crippen LogP contribution in [0.1, 0.15) is 46.1 Å². The third kappa shape index (κ3) is 6.61. The number of methoxy groups -OCH3 is 1. The van der Waals surface area contributed by atoms with Gasteiger partial charge < -0.3 is 13.9 Å². The molecule has 0 aliphatic rings. The molecule has 0 spiro atoms. The lowest BCUT2D eigenvalue weighted by atomic mass is 10.1. The molecule has 1 rings (SSSR count). The Morgan fingerprint density at radius 1 is 1.00 bits per heavy atom. The second kappa shape index (κ2) is 11.5. The summed E-state index contributed by atoms with van der Waals surface area (Å²) in [5.74, 6) is 0.866. The van der Waals surface area contributed by atoms with Gasteiger partial charge in [-0.05, 0) is 48.7 Å². The van der Waals surface area contributed by atoms with Gasteiger partial charge in [-0.2, -0.15) is 0 Å². The molecule has 25 heavy (non-hydrogen) atoms. The van der Waals surface area contributed by atoms with Gasteiger partial charge in [0.15, 0.2) is 8.32 Å². The molecular weight excluding hydrogens is 328 g/mol. The molecule has 0 amide bonds. The number of hydrogen-bond donors (Lipinski definition) is 0. The van der Waals surface area contributed by atoms with Crippen molar-refractivity contribution in [2.45, 2.75) is 77.5 Å². The summed E-state index contributed by atoms with van der Waals surface area (Å²) >= 11 is 0.